The van der Waals surface area contributed by atoms with Gasteiger partial charge in [-0.05, 0) is 42.7 Å². The Morgan fingerprint density at radius 1 is 1.07 bits per heavy atom. The van der Waals surface area contributed by atoms with Crippen molar-refractivity contribution in [3.8, 4) is 0 Å². The van der Waals surface area contributed by atoms with Crippen LogP contribution in [0.15, 0.2) is 47.6 Å². The molecule has 6 heteroatoms. The monoisotopic (exact) mass is 401 g/mol. The molecule has 150 valence electrons. The van der Waals surface area contributed by atoms with Gasteiger partial charge in [0.25, 0.3) is 0 Å². The molecule has 1 aliphatic heterocycles. The van der Waals surface area contributed by atoms with Crippen molar-refractivity contribution in [2.75, 3.05) is 44.2 Å². The zero-order valence-electron chi connectivity index (χ0n) is 16.5. The predicted molar refractivity (Wildman–Crippen MR) is 116 cm³/mol. The highest BCUT2D eigenvalue weighted by Crippen LogP contribution is 2.25. The fraction of sp³-hybridized carbons (Fsp3) is 0.409. The molecule has 1 atom stereocenters. The van der Waals surface area contributed by atoms with Crippen molar-refractivity contribution in [1.82, 2.24) is 4.90 Å². The van der Waals surface area contributed by atoms with Gasteiger partial charge in [0.15, 0.2) is 0 Å². The summed E-state index contributed by atoms with van der Waals surface area (Å²) < 4.78 is 0. The first-order valence-corrected chi connectivity index (χ1v) is 10.0. The highest BCUT2D eigenvalue weighted by molar-refractivity contribution is 6.30. The van der Waals surface area contributed by atoms with Crippen LogP contribution in [0.3, 0.4) is 0 Å². The van der Waals surface area contributed by atoms with Crippen LogP contribution < -0.4 is 4.90 Å². The van der Waals surface area contributed by atoms with Crippen LogP contribution in [0.4, 0.5) is 5.69 Å². The molecule has 0 saturated carbocycles. The van der Waals surface area contributed by atoms with Crippen LogP contribution in [-0.4, -0.2) is 61.7 Å². The summed E-state index contributed by atoms with van der Waals surface area (Å²) in [6.07, 6.45) is 1.06. The lowest BCUT2D eigenvalue weighted by molar-refractivity contribution is 0.0187. The smallest absolute Gasteiger partial charge is 0.144 e. The van der Waals surface area contributed by atoms with Gasteiger partial charge < -0.3 is 14.8 Å². The van der Waals surface area contributed by atoms with E-state index >= 15 is 0 Å². The quantitative estimate of drug-likeness (QED) is 0.570. The topological polar surface area (TPSA) is 48.3 Å². The molecule has 2 aromatic rings. The third-order valence-electron chi connectivity index (χ3n) is 5.01. The van der Waals surface area contributed by atoms with E-state index in [0.29, 0.717) is 11.6 Å². The second-order valence-electron chi connectivity index (χ2n) is 7.26. The number of piperazine rings is 1. The molecule has 0 aliphatic carbocycles. The molecule has 1 aliphatic rings. The van der Waals surface area contributed by atoms with Crippen molar-refractivity contribution in [2.45, 2.75) is 20.0 Å². The number of aliphatic hydroxyl groups excluding tert-OH is 1. The number of anilines is 1. The molecule has 1 saturated heterocycles. The summed E-state index contributed by atoms with van der Waals surface area (Å²) in [5.41, 5.74) is 4.89. The second-order valence-corrected chi connectivity index (χ2v) is 7.70. The van der Waals surface area contributed by atoms with Crippen LogP contribution in [0.5, 0.6) is 0 Å². The first-order valence-electron chi connectivity index (χ1n) is 9.65. The van der Waals surface area contributed by atoms with E-state index in [2.05, 4.69) is 47.0 Å². The highest BCUT2D eigenvalue weighted by Gasteiger charge is 2.21. The number of β-amino-alcohol motifs (C(OH)–C–C–N with tert-alkyl or cyclic N) is 1. The third-order valence-corrected chi connectivity index (χ3v) is 5.26. The van der Waals surface area contributed by atoms with Crippen molar-refractivity contribution < 1.29 is 9.94 Å². The minimum Gasteiger partial charge on any atom is -0.393 e. The summed E-state index contributed by atoms with van der Waals surface area (Å²) in [4.78, 5) is 9.97. The molecule has 0 radical (unpaired) electrons. The lowest BCUT2D eigenvalue weighted by Gasteiger charge is -2.38. The van der Waals surface area contributed by atoms with E-state index in [1.807, 2.05) is 12.1 Å². The third kappa shape index (κ3) is 5.71. The van der Waals surface area contributed by atoms with E-state index in [9.17, 15) is 5.11 Å². The first kappa shape index (κ1) is 20.6. The molecule has 0 amide bonds. The minimum absolute atomic E-state index is 0.182. The molecule has 1 unspecified atom stereocenters. The number of aliphatic hydroxyl groups is 1. The van der Waals surface area contributed by atoms with Crippen molar-refractivity contribution in [1.29, 1.82) is 0 Å². The van der Waals surface area contributed by atoms with Crippen molar-refractivity contribution in [3.05, 3.63) is 64.2 Å². The summed E-state index contributed by atoms with van der Waals surface area (Å²) in [5.74, 6) is 0. The molecule has 2 aromatic carbocycles. The number of halogens is 1. The Morgan fingerprint density at radius 2 is 1.71 bits per heavy atom. The number of rotatable bonds is 7. The van der Waals surface area contributed by atoms with Gasteiger partial charge in [-0.3, -0.25) is 4.90 Å². The predicted octanol–water partition coefficient (Wildman–Crippen LogP) is 3.49. The number of nitrogens with zero attached hydrogens (tertiary/aromatic N) is 3. The molecular weight excluding hydrogens is 374 g/mol. The highest BCUT2D eigenvalue weighted by atomic mass is 35.5. The zero-order chi connectivity index (χ0) is 19.9. The number of benzene rings is 2. The summed E-state index contributed by atoms with van der Waals surface area (Å²) in [6, 6.07) is 13.8. The normalized spacial score (nSPS) is 16.5. The molecule has 0 spiro atoms. The van der Waals surface area contributed by atoms with Crippen molar-refractivity contribution in [2.24, 2.45) is 5.16 Å². The first-order chi connectivity index (χ1) is 13.5. The van der Waals surface area contributed by atoms with Gasteiger partial charge in [-0.1, -0.05) is 47.1 Å². The standard InChI is InChI=1S/C22H28ClN3O2/c1-17-4-3-5-18(2)22(17)26-12-10-25(11-13-26)15-21(27)16-28-24-14-19-6-8-20(23)9-7-19/h3-9,14,21,27H,10-13,15-16H2,1-2H3/b24-14-. The Morgan fingerprint density at radius 3 is 2.36 bits per heavy atom. The fourth-order valence-corrected chi connectivity index (χ4v) is 3.71. The van der Waals surface area contributed by atoms with Gasteiger partial charge in [-0.25, -0.2) is 0 Å². The lowest BCUT2D eigenvalue weighted by atomic mass is 10.1. The molecule has 28 heavy (non-hydrogen) atoms. The van der Waals surface area contributed by atoms with Gasteiger partial charge in [0.2, 0.25) is 0 Å². The fourth-order valence-electron chi connectivity index (χ4n) is 3.59. The van der Waals surface area contributed by atoms with E-state index in [-0.39, 0.29) is 6.61 Å². The second kappa shape index (κ2) is 9.92. The Hall–Kier alpha value is -2.08. The van der Waals surface area contributed by atoms with Crippen molar-refractivity contribution in [3.63, 3.8) is 0 Å². The summed E-state index contributed by atoms with van der Waals surface area (Å²) in [6.45, 7) is 8.90. The largest absolute Gasteiger partial charge is 0.393 e. The van der Waals surface area contributed by atoms with E-state index in [1.54, 1.807) is 18.3 Å². The Bertz CT molecular complexity index is 767. The van der Waals surface area contributed by atoms with Gasteiger partial charge in [0.05, 0.1) is 6.21 Å². The van der Waals surface area contributed by atoms with E-state index in [4.69, 9.17) is 16.4 Å². The van der Waals surface area contributed by atoms with Gasteiger partial charge in [-0.15, -0.1) is 0 Å². The van der Waals surface area contributed by atoms with Gasteiger partial charge >= 0.3 is 0 Å². The van der Waals surface area contributed by atoms with Crippen LogP contribution >= 0.6 is 11.6 Å². The number of para-hydroxylation sites is 1. The van der Waals surface area contributed by atoms with Gasteiger partial charge in [0.1, 0.15) is 12.7 Å². The van der Waals surface area contributed by atoms with E-state index in [0.717, 1.165) is 31.7 Å². The Kier molecular flexibility index (Phi) is 7.31. The van der Waals surface area contributed by atoms with E-state index < -0.39 is 6.10 Å². The maximum Gasteiger partial charge on any atom is 0.144 e. The summed E-state index contributed by atoms with van der Waals surface area (Å²) in [5, 5.41) is 14.8. The number of hydrogen-bond donors (Lipinski definition) is 1. The Balaban J connectivity index is 1.40. The zero-order valence-corrected chi connectivity index (χ0v) is 17.3. The number of oxime groups is 1. The van der Waals surface area contributed by atoms with Crippen LogP contribution in [-0.2, 0) is 4.84 Å². The van der Waals surface area contributed by atoms with Crippen LogP contribution in [0.2, 0.25) is 5.02 Å². The number of aryl methyl sites for hydroxylation is 2. The van der Waals surface area contributed by atoms with Gasteiger partial charge in [-0.2, -0.15) is 0 Å². The van der Waals surface area contributed by atoms with Crippen molar-refractivity contribution >= 4 is 23.5 Å². The maximum atomic E-state index is 10.2. The molecule has 0 bridgehead atoms. The SMILES string of the molecule is Cc1cccc(C)c1N1CCN(CC(O)CO/N=C\c2ccc(Cl)cc2)CC1. The summed E-state index contributed by atoms with van der Waals surface area (Å²) >= 11 is 5.85. The lowest BCUT2D eigenvalue weighted by Crippen LogP contribution is -2.49. The van der Waals surface area contributed by atoms with Gasteiger partial charge in [0, 0.05) is 43.4 Å². The average molecular weight is 402 g/mol. The molecule has 5 nitrogen and oxygen atoms in total. The molecule has 1 N–H and O–H groups in total. The molecule has 1 fully saturated rings. The molecule has 0 aromatic heterocycles. The van der Waals surface area contributed by atoms with E-state index in [1.165, 1.54) is 16.8 Å². The van der Waals surface area contributed by atoms with Crippen LogP contribution in [0.25, 0.3) is 0 Å². The maximum absolute atomic E-state index is 10.2. The summed E-state index contributed by atoms with van der Waals surface area (Å²) in [7, 11) is 0. The van der Waals surface area contributed by atoms with Crippen LogP contribution in [0.1, 0.15) is 16.7 Å². The minimum atomic E-state index is -0.561. The Labute approximate surface area is 172 Å². The number of hydrogen-bond acceptors (Lipinski definition) is 5. The van der Waals surface area contributed by atoms with Crippen LogP contribution in [0, 0.1) is 13.8 Å². The average Bonchev–Trinajstić information content (AvgIpc) is 2.68. The molecule has 1 heterocycles. The molecular formula is C22H28ClN3O2. The molecule has 3 rings (SSSR count).